The van der Waals surface area contributed by atoms with E-state index in [0.717, 1.165) is 36.0 Å². The Kier molecular flexibility index (Phi) is 5.36. The molecule has 6 nitrogen and oxygen atoms in total. The van der Waals surface area contributed by atoms with Gasteiger partial charge in [-0.1, -0.05) is 0 Å². The van der Waals surface area contributed by atoms with E-state index in [4.69, 9.17) is 27.9 Å². The summed E-state index contributed by atoms with van der Waals surface area (Å²) in [5.41, 5.74) is 0.887. The zero-order valence-electron chi connectivity index (χ0n) is 14.3. The standard InChI is InChI=1S/C16H21Cl2N5O.ClH/c1-16(2,24-5-3-4-17)14-19-11-12(20-14)21-15(18)22-13(11)23-8-9-6-10(23)7-9;/h9-10H,3-8H2,1-2H3,(H,19,20,21,22);1H. The Bertz CT molecular complexity index is 760. The van der Waals surface area contributed by atoms with Gasteiger partial charge in [-0.3, -0.25) is 0 Å². The number of alkyl halides is 1. The predicted octanol–water partition coefficient (Wildman–Crippen LogP) is 3.91. The molecule has 3 aliphatic rings. The Hall–Kier alpha value is -0.820. The number of anilines is 1. The molecule has 1 aliphatic carbocycles. The highest BCUT2D eigenvalue weighted by Gasteiger charge is 2.44. The van der Waals surface area contributed by atoms with Crippen LogP contribution < -0.4 is 4.90 Å². The second kappa shape index (κ2) is 7.06. The van der Waals surface area contributed by atoms with Crippen molar-refractivity contribution in [1.29, 1.82) is 0 Å². The molecule has 0 spiro atoms. The number of aromatic nitrogens is 4. The topological polar surface area (TPSA) is 66.9 Å². The summed E-state index contributed by atoms with van der Waals surface area (Å²) in [7, 11) is 0. The van der Waals surface area contributed by atoms with Crippen LogP contribution in [0, 0.1) is 5.92 Å². The van der Waals surface area contributed by atoms with Gasteiger partial charge in [0.25, 0.3) is 0 Å². The molecule has 0 radical (unpaired) electrons. The predicted molar refractivity (Wildman–Crippen MR) is 102 cm³/mol. The lowest BCUT2D eigenvalue weighted by Crippen LogP contribution is -2.29. The summed E-state index contributed by atoms with van der Waals surface area (Å²) in [5, 5.41) is 0.237. The van der Waals surface area contributed by atoms with E-state index in [-0.39, 0.29) is 17.7 Å². The summed E-state index contributed by atoms with van der Waals surface area (Å²) in [6, 6.07) is 0.573. The smallest absolute Gasteiger partial charge is 0.226 e. The molecule has 2 aliphatic heterocycles. The fourth-order valence-electron chi connectivity index (χ4n) is 3.59. The molecule has 9 heteroatoms. The molecule has 1 N–H and O–H groups in total. The lowest BCUT2D eigenvalue weighted by molar-refractivity contribution is -0.0267. The first kappa shape index (κ1) is 19.0. The van der Waals surface area contributed by atoms with Gasteiger partial charge in [0.15, 0.2) is 11.5 Å². The van der Waals surface area contributed by atoms with Crippen LogP contribution in [0.4, 0.5) is 5.82 Å². The number of rotatable bonds is 6. The number of fused-ring (bicyclic) bond motifs is 2. The minimum absolute atomic E-state index is 0. The van der Waals surface area contributed by atoms with Crippen molar-refractivity contribution >= 4 is 52.6 Å². The molecule has 4 heterocycles. The van der Waals surface area contributed by atoms with E-state index in [2.05, 4.69) is 24.8 Å². The summed E-state index contributed by atoms with van der Waals surface area (Å²) in [6.07, 6.45) is 3.30. The van der Waals surface area contributed by atoms with E-state index < -0.39 is 5.60 Å². The van der Waals surface area contributed by atoms with Gasteiger partial charge in [-0.05, 0) is 50.6 Å². The van der Waals surface area contributed by atoms with Crippen molar-refractivity contribution in [3.63, 3.8) is 0 Å². The van der Waals surface area contributed by atoms with E-state index in [9.17, 15) is 0 Å². The fourth-order valence-corrected chi connectivity index (χ4v) is 3.86. The minimum atomic E-state index is -0.552. The van der Waals surface area contributed by atoms with Gasteiger partial charge in [-0.25, -0.2) is 4.98 Å². The van der Waals surface area contributed by atoms with Crippen LogP contribution in [0.3, 0.4) is 0 Å². The molecule has 2 aromatic heterocycles. The molecule has 3 fully saturated rings. The number of imidazole rings is 1. The molecule has 0 amide bonds. The third-order valence-electron chi connectivity index (χ3n) is 4.99. The molecule has 2 aromatic rings. The minimum Gasteiger partial charge on any atom is -0.368 e. The Labute approximate surface area is 163 Å². The van der Waals surface area contributed by atoms with Crippen molar-refractivity contribution in [3.05, 3.63) is 11.1 Å². The second-order valence-corrected chi connectivity index (χ2v) is 7.86. The highest BCUT2D eigenvalue weighted by molar-refractivity contribution is 6.28. The van der Waals surface area contributed by atoms with Crippen LogP contribution in [0.15, 0.2) is 0 Å². The SMILES string of the molecule is CC(C)(OCCCCl)c1nc2nc(Cl)nc(N3CC4CC3C4)c2[nH]1.Cl. The van der Waals surface area contributed by atoms with Gasteiger partial charge < -0.3 is 14.6 Å². The van der Waals surface area contributed by atoms with Gasteiger partial charge in [0, 0.05) is 25.1 Å². The number of H-pyrrole nitrogens is 1. The zero-order chi connectivity index (χ0) is 16.9. The Balaban J connectivity index is 0.00000182. The molecule has 1 saturated carbocycles. The largest absolute Gasteiger partial charge is 0.368 e. The number of nitrogens with zero attached hydrogens (tertiary/aromatic N) is 4. The maximum absolute atomic E-state index is 6.14. The number of hydrogen-bond acceptors (Lipinski definition) is 5. The maximum atomic E-state index is 6.14. The van der Waals surface area contributed by atoms with Crippen LogP contribution >= 0.6 is 35.6 Å². The van der Waals surface area contributed by atoms with Crippen molar-refractivity contribution < 1.29 is 4.74 Å². The number of nitrogens with one attached hydrogen (secondary N) is 1. The van der Waals surface area contributed by atoms with Gasteiger partial charge in [-0.2, -0.15) is 9.97 Å². The maximum Gasteiger partial charge on any atom is 0.226 e. The third-order valence-corrected chi connectivity index (χ3v) is 5.43. The fraction of sp³-hybridized carbons (Fsp3) is 0.688. The van der Waals surface area contributed by atoms with Crippen molar-refractivity contribution in [2.24, 2.45) is 5.92 Å². The molecule has 5 rings (SSSR count). The Morgan fingerprint density at radius 2 is 2.04 bits per heavy atom. The number of halogens is 3. The van der Waals surface area contributed by atoms with E-state index in [1.807, 2.05) is 13.8 Å². The van der Waals surface area contributed by atoms with Crippen LogP contribution in [-0.4, -0.2) is 45.0 Å². The normalized spacial score (nSPS) is 22.2. The van der Waals surface area contributed by atoms with Crippen LogP contribution in [0.25, 0.3) is 11.2 Å². The molecular weight excluding hydrogens is 385 g/mol. The van der Waals surface area contributed by atoms with Crippen molar-refractivity contribution in [3.8, 4) is 0 Å². The zero-order valence-corrected chi connectivity index (χ0v) is 16.6. The molecule has 0 unspecified atom stereocenters. The van der Waals surface area contributed by atoms with Gasteiger partial charge in [0.1, 0.15) is 16.9 Å². The first-order valence-electron chi connectivity index (χ1n) is 8.38. The molecule has 25 heavy (non-hydrogen) atoms. The van der Waals surface area contributed by atoms with Crippen LogP contribution in [0.2, 0.25) is 5.28 Å². The van der Waals surface area contributed by atoms with Gasteiger partial charge in [0.05, 0.1) is 0 Å². The second-order valence-electron chi connectivity index (χ2n) is 7.15. The monoisotopic (exact) mass is 405 g/mol. The number of aromatic amines is 1. The summed E-state index contributed by atoms with van der Waals surface area (Å²) < 4.78 is 5.94. The number of ether oxygens (including phenoxy) is 1. The summed E-state index contributed by atoms with van der Waals surface area (Å²) >= 11 is 11.9. The summed E-state index contributed by atoms with van der Waals surface area (Å²) in [6.45, 7) is 5.60. The summed E-state index contributed by atoms with van der Waals surface area (Å²) in [5.74, 6) is 2.97. The Morgan fingerprint density at radius 1 is 1.28 bits per heavy atom. The average molecular weight is 407 g/mol. The van der Waals surface area contributed by atoms with Gasteiger partial charge in [-0.15, -0.1) is 24.0 Å². The Morgan fingerprint density at radius 3 is 2.68 bits per heavy atom. The average Bonchev–Trinajstić information content (AvgIpc) is 3.18. The molecular formula is C16H22Cl3N5O. The van der Waals surface area contributed by atoms with E-state index >= 15 is 0 Å². The van der Waals surface area contributed by atoms with Gasteiger partial charge in [0.2, 0.25) is 5.28 Å². The third kappa shape index (κ3) is 3.42. The lowest BCUT2D eigenvalue weighted by Gasteiger charge is -2.26. The quantitative estimate of drug-likeness (QED) is 0.447. The molecule has 0 aromatic carbocycles. The summed E-state index contributed by atoms with van der Waals surface area (Å²) in [4.78, 5) is 19.1. The van der Waals surface area contributed by atoms with Crippen molar-refractivity contribution in [1.82, 2.24) is 19.9 Å². The van der Waals surface area contributed by atoms with Crippen molar-refractivity contribution in [2.75, 3.05) is 23.9 Å². The van der Waals surface area contributed by atoms with Crippen LogP contribution in [0.1, 0.15) is 38.9 Å². The molecule has 138 valence electrons. The van der Waals surface area contributed by atoms with E-state index in [1.165, 1.54) is 12.8 Å². The number of hydrogen-bond donors (Lipinski definition) is 1. The van der Waals surface area contributed by atoms with Crippen molar-refractivity contribution in [2.45, 2.75) is 44.8 Å². The van der Waals surface area contributed by atoms with Crippen LogP contribution in [0.5, 0.6) is 0 Å². The molecule has 2 saturated heterocycles. The van der Waals surface area contributed by atoms with Crippen LogP contribution in [-0.2, 0) is 10.3 Å². The molecule has 0 atom stereocenters. The highest BCUT2D eigenvalue weighted by Crippen LogP contribution is 2.44. The first-order valence-corrected chi connectivity index (χ1v) is 9.29. The molecule has 2 bridgehead atoms. The lowest BCUT2D eigenvalue weighted by atomic mass is 9.86. The highest BCUT2D eigenvalue weighted by atomic mass is 35.5. The first-order chi connectivity index (χ1) is 11.5. The van der Waals surface area contributed by atoms with Gasteiger partial charge >= 0.3 is 0 Å². The van der Waals surface area contributed by atoms with E-state index in [0.29, 0.717) is 24.2 Å². The van der Waals surface area contributed by atoms with E-state index in [1.54, 1.807) is 0 Å².